The van der Waals surface area contributed by atoms with Gasteiger partial charge >= 0.3 is 0 Å². The fraction of sp³-hybridized carbons (Fsp3) is 0.190. The molecule has 138 valence electrons. The molecule has 0 N–H and O–H groups in total. The van der Waals surface area contributed by atoms with Crippen LogP contribution in [0.25, 0.3) is 0 Å². The molecule has 27 heavy (non-hydrogen) atoms. The molecular weight excluding hydrogens is 380 g/mol. The highest BCUT2D eigenvalue weighted by molar-refractivity contribution is 7.18. The third-order valence-electron chi connectivity index (χ3n) is 4.28. The number of ketones is 1. The van der Waals surface area contributed by atoms with Crippen LogP contribution < -0.4 is 0 Å². The molecule has 0 fully saturated rings. The minimum atomic E-state index is -0.300. The van der Waals surface area contributed by atoms with Crippen molar-refractivity contribution in [2.45, 2.75) is 18.9 Å². The number of amides is 1. The molecule has 2 aromatic heterocycles. The monoisotopic (exact) mass is 398 g/mol. The van der Waals surface area contributed by atoms with E-state index in [1.54, 1.807) is 30.3 Å². The summed E-state index contributed by atoms with van der Waals surface area (Å²) in [6.07, 6.45) is 2.01. The van der Waals surface area contributed by atoms with E-state index in [4.69, 9.17) is 11.6 Å². The number of benzene rings is 1. The first-order valence-corrected chi connectivity index (χ1v) is 9.76. The van der Waals surface area contributed by atoms with Gasteiger partial charge in [0.15, 0.2) is 5.78 Å². The minimum absolute atomic E-state index is 0.0669. The minimum Gasteiger partial charge on any atom is -0.333 e. The Balaban J connectivity index is 1.74. The van der Waals surface area contributed by atoms with E-state index in [2.05, 4.69) is 4.98 Å². The second-order valence-corrected chi connectivity index (χ2v) is 7.81. The van der Waals surface area contributed by atoms with Gasteiger partial charge in [-0.1, -0.05) is 48.0 Å². The van der Waals surface area contributed by atoms with E-state index in [1.807, 2.05) is 48.5 Å². The standard InChI is InChI=1S/C21H19ClN2O2S/c1-24(20(26)13-10-17(25)18-11-12-19(22)27-18)21(15-7-3-2-4-8-15)16-9-5-6-14-23-16/h2-9,11-12,14,21H,10,13H2,1H3. The van der Waals surface area contributed by atoms with Gasteiger partial charge in [-0.2, -0.15) is 0 Å². The Morgan fingerprint density at radius 2 is 1.78 bits per heavy atom. The number of thiophene rings is 1. The largest absolute Gasteiger partial charge is 0.333 e. The second-order valence-electron chi connectivity index (χ2n) is 6.10. The van der Waals surface area contributed by atoms with E-state index in [1.165, 1.54) is 11.3 Å². The summed E-state index contributed by atoms with van der Waals surface area (Å²) in [5, 5.41) is 0. The van der Waals surface area contributed by atoms with Crippen LogP contribution >= 0.6 is 22.9 Å². The van der Waals surface area contributed by atoms with Crippen molar-refractivity contribution in [3.05, 3.63) is 87.3 Å². The fourth-order valence-corrected chi connectivity index (χ4v) is 3.90. The summed E-state index contributed by atoms with van der Waals surface area (Å²) in [6.45, 7) is 0. The van der Waals surface area contributed by atoms with E-state index in [-0.39, 0.29) is 30.6 Å². The maximum Gasteiger partial charge on any atom is 0.223 e. The summed E-state index contributed by atoms with van der Waals surface area (Å²) in [4.78, 5) is 31.7. The van der Waals surface area contributed by atoms with Crippen LogP contribution in [-0.4, -0.2) is 28.6 Å². The summed E-state index contributed by atoms with van der Waals surface area (Å²) in [5.74, 6) is -0.173. The molecule has 0 saturated carbocycles. The molecule has 3 aromatic rings. The number of Topliss-reactive ketones (excluding diaryl/α,β-unsaturated/α-hetero) is 1. The molecule has 0 aliphatic heterocycles. The van der Waals surface area contributed by atoms with Crippen LogP contribution in [0.5, 0.6) is 0 Å². The predicted molar refractivity (Wildman–Crippen MR) is 108 cm³/mol. The number of halogens is 1. The van der Waals surface area contributed by atoms with E-state index < -0.39 is 0 Å². The van der Waals surface area contributed by atoms with E-state index in [0.717, 1.165) is 11.3 Å². The molecule has 1 amide bonds. The Morgan fingerprint density at radius 3 is 2.41 bits per heavy atom. The second kappa shape index (κ2) is 8.93. The Kier molecular flexibility index (Phi) is 6.37. The van der Waals surface area contributed by atoms with Crippen molar-refractivity contribution in [1.82, 2.24) is 9.88 Å². The predicted octanol–water partition coefficient (Wildman–Crippen LogP) is 5.01. The average molecular weight is 399 g/mol. The van der Waals surface area contributed by atoms with Gasteiger partial charge < -0.3 is 4.90 Å². The number of carbonyl (C=O) groups is 2. The lowest BCUT2D eigenvalue weighted by Gasteiger charge is -2.28. The average Bonchev–Trinajstić information content (AvgIpc) is 3.14. The van der Waals surface area contributed by atoms with Crippen molar-refractivity contribution in [3.63, 3.8) is 0 Å². The van der Waals surface area contributed by atoms with Gasteiger partial charge in [-0.25, -0.2) is 0 Å². The maximum absolute atomic E-state index is 12.8. The summed E-state index contributed by atoms with van der Waals surface area (Å²) in [7, 11) is 1.75. The lowest BCUT2D eigenvalue weighted by molar-refractivity contribution is -0.131. The van der Waals surface area contributed by atoms with Gasteiger partial charge in [-0.15, -0.1) is 11.3 Å². The van der Waals surface area contributed by atoms with Crippen LogP contribution in [0.15, 0.2) is 66.9 Å². The molecular formula is C21H19ClN2O2S. The Bertz CT molecular complexity index is 873. The number of nitrogens with zero attached hydrogens (tertiary/aromatic N) is 2. The van der Waals surface area contributed by atoms with Crippen molar-refractivity contribution in [2.24, 2.45) is 0 Å². The number of aromatic nitrogens is 1. The molecule has 0 bridgehead atoms. The number of hydrogen-bond donors (Lipinski definition) is 0. The Morgan fingerprint density at radius 1 is 1.04 bits per heavy atom. The smallest absolute Gasteiger partial charge is 0.223 e. The molecule has 0 aliphatic carbocycles. The number of rotatable bonds is 7. The van der Waals surface area contributed by atoms with Gasteiger partial charge in [0.25, 0.3) is 0 Å². The summed E-state index contributed by atoms with van der Waals surface area (Å²) in [6, 6.07) is 18.5. The van der Waals surface area contributed by atoms with Gasteiger partial charge in [0.2, 0.25) is 5.91 Å². The molecule has 1 atom stereocenters. The van der Waals surface area contributed by atoms with Gasteiger partial charge in [-0.3, -0.25) is 14.6 Å². The number of hydrogen-bond acceptors (Lipinski definition) is 4. The van der Waals surface area contributed by atoms with Crippen LogP contribution in [0.3, 0.4) is 0 Å². The van der Waals surface area contributed by atoms with Crippen molar-refractivity contribution in [2.75, 3.05) is 7.05 Å². The maximum atomic E-state index is 12.8. The lowest BCUT2D eigenvalue weighted by atomic mass is 10.0. The highest BCUT2D eigenvalue weighted by Gasteiger charge is 2.25. The molecule has 1 aromatic carbocycles. The van der Waals surface area contributed by atoms with Crippen molar-refractivity contribution in [3.8, 4) is 0 Å². The van der Waals surface area contributed by atoms with Crippen LogP contribution in [-0.2, 0) is 4.79 Å². The van der Waals surface area contributed by atoms with Crippen molar-refractivity contribution >= 4 is 34.6 Å². The van der Waals surface area contributed by atoms with Crippen molar-refractivity contribution in [1.29, 1.82) is 0 Å². The lowest BCUT2D eigenvalue weighted by Crippen LogP contribution is -2.32. The molecule has 0 aliphatic rings. The third-order valence-corrected chi connectivity index (χ3v) is 5.55. The fourth-order valence-electron chi connectivity index (χ4n) is 2.89. The zero-order chi connectivity index (χ0) is 19.2. The molecule has 0 saturated heterocycles. The van der Waals surface area contributed by atoms with Gasteiger partial charge in [0.1, 0.15) is 0 Å². The van der Waals surface area contributed by atoms with E-state index in [0.29, 0.717) is 9.21 Å². The zero-order valence-corrected chi connectivity index (χ0v) is 16.4. The molecule has 2 heterocycles. The van der Waals surface area contributed by atoms with Crippen LogP contribution in [0.2, 0.25) is 4.34 Å². The Labute approximate surface area is 167 Å². The summed E-state index contributed by atoms with van der Waals surface area (Å²) < 4.78 is 0.570. The third kappa shape index (κ3) is 4.81. The van der Waals surface area contributed by atoms with Gasteiger partial charge in [0, 0.05) is 26.1 Å². The van der Waals surface area contributed by atoms with Crippen LogP contribution in [0.4, 0.5) is 0 Å². The topological polar surface area (TPSA) is 50.3 Å². The van der Waals surface area contributed by atoms with Crippen LogP contribution in [0.1, 0.15) is 39.8 Å². The number of carbonyl (C=O) groups excluding carboxylic acids is 2. The Hall–Kier alpha value is -2.50. The van der Waals surface area contributed by atoms with Gasteiger partial charge in [0.05, 0.1) is 20.9 Å². The molecule has 0 radical (unpaired) electrons. The van der Waals surface area contributed by atoms with E-state index >= 15 is 0 Å². The molecule has 1 unspecified atom stereocenters. The molecule has 6 heteroatoms. The molecule has 3 rings (SSSR count). The summed E-state index contributed by atoms with van der Waals surface area (Å²) >= 11 is 7.12. The first kappa shape index (κ1) is 19.3. The van der Waals surface area contributed by atoms with E-state index in [9.17, 15) is 9.59 Å². The van der Waals surface area contributed by atoms with Crippen LogP contribution in [0, 0.1) is 0 Å². The first-order chi connectivity index (χ1) is 13.1. The highest BCUT2D eigenvalue weighted by Crippen LogP contribution is 2.27. The zero-order valence-electron chi connectivity index (χ0n) is 14.8. The normalized spacial score (nSPS) is 11.8. The molecule has 4 nitrogen and oxygen atoms in total. The van der Waals surface area contributed by atoms with Crippen molar-refractivity contribution < 1.29 is 9.59 Å². The molecule has 0 spiro atoms. The summed E-state index contributed by atoms with van der Waals surface area (Å²) in [5.41, 5.74) is 1.76. The SMILES string of the molecule is CN(C(=O)CCC(=O)c1ccc(Cl)s1)C(c1ccccc1)c1ccccn1. The van der Waals surface area contributed by atoms with Gasteiger partial charge in [-0.05, 0) is 29.8 Å². The first-order valence-electron chi connectivity index (χ1n) is 8.56. The number of pyridine rings is 1. The quantitative estimate of drug-likeness (QED) is 0.526. The highest BCUT2D eigenvalue weighted by atomic mass is 35.5.